The molecule has 4 rings (SSSR count). The predicted molar refractivity (Wildman–Crippen MR) is 179 cm³/mol. The highest BCUT2D eigenvalue weighted by Crippen LogP contribution is 2.21. The molecule has 3 amide bonds. The van der Waals surface area contributed by atoms with Crippen molar-refractivity contribution in [3.05, 3.63) is 118 Å². The molecule has 0 radical (unpaired) electrons. The van der Waals surface area contributed by atoms with Crippen LogP contribution in [0.15, 0.2) is 95.7 Å². The van der Waals surface area contributed by atoms with E-state index in [2.05, 4.69) is 21.3 Å². The summed E-state index contributed by atoms with van der Waals surface area (Å²) < 4.78 is 25.8. The van der Waals surface area contributed by atoms with Crippen LogP contribution in [0.4, 0.5) is 11.4 Å². The third-order valence-corrected chi connectivity index (χ3v) is 9.04. The number of amides is 3. The van der Waals surface area contributed by atoms with E-state index in [0.717, 1.165) is 21.7 Å². The summed E-state index contributed by atoms with van der Waals surface area (Å²) in [7, 11) is -2.31. The Morgan fingerprint density at radius 1 is 0.867 bits per heavy atom. The number of carbonyl (C=O) groups excluding carboxylic acids is 3. The summed E-state index contributed by atoms with van der Waals surface area (Å²) in [5, 5.41) is 15.9. The van der Waals surface area contributed by atoms with E-state index in [1.165, 1.54) is 36.6 Å². The van der Waals surface area contributed by atoms with Crippen molar-refractivity contribution in [2.24, 2.45) is 0 Å². The lowest BCUT2D eigenvalue weighted by molar-refractivity contribution is -0.117. The van der Waals surface area contributed by atoms with Gasteiger partial charge in [0.1, 0.15) is 0 Å². The van der Waals surface area contributed by atoms with Crippen LogP contribution < -0.4 is 25.6 Å². The molecule has 4 N–H and O–H groups in total. The zero-order valence-electron chi connectivity index (χ0n) is 25.3. The fourth-order valence-corrected chi connectivity index (χ4v) is 5.62. The number of nitrogens with zero attached hydrogens (tertiary/aromatic N) is 1. The molecule has 1 heterocycles. The van der Waals surface area contributed by atoms with Crippen LogP contribution in [0.2, 0.25) is 0 Å². The van der Waals surface area contributed by atoms with Gasteiger partial charge in [0.25, 0.3) is 11.8 Å². The van der Waals surface area contributed by atoms with Crippen molar-refractivity contribution in [1.29, 1.82) is 0 Å². The summed E-state index contributed by atoms with van der Waals surface area (Å²) in [6.45, 7) is 2.28. The average molecular weight is 648 g/mol. The number of nitrogens with one attached hydrogen (secondary N) is 4. The predicted octanol–water partition coefficient (Wildman–Crippen LogP) is 4.03. The molecule has 10 nitrogen and oxygen atoms in total. The lowest BCUT2D eigenvalue weighted by Crippen LogP contribution is -2.48. The van der Waals surface area contributed by atoms with Gasteiger partial charge in [-0.15, -0.1) is 0 Å². The fraction of sp³-hybridized carbons (Fsp3) is 0.242. The molecule has 0 unspecified atom stereocenters. The SMILES string of the molecule is C[C@H](NC[C@H](Cc1ccsc1)NC(=O)c1cc(C(=O)NCc2ccccc2)cc(N(C)S(C)(=O)=O)c1)C(=O)Nc1ccccc1. The minimum atomic E-state index is -3.68. The van der Waals surface area contributed by atoms with Crippen molar-refractivity contribution in [1.82, 2.24) is 16.0 Å². The van der Waals surface area contributed by atoms with Gasteiger partial charge in [-0.3, -0.25) is 18.7 Å². The molecule has 0 aliphatic rings. The molecule has 236 valence electrons. The summed E-state index contributed by atoms with van der Waals surface area (Å²) in [6, 6.07) is 23.8. The second kappa shape index (κ2) is 15.5. The van der Waals surface area contributed by atoms with Crippen LogP contribution in [0.25, 0.3) is 0 Å². The van der Waals surface area contributed by atoms with E-state index >= 15 is 0 Å². The monoisotopic (exact) mass is 647 g/mol. The van der Waals surface area contributed by atoms with Gasteiger partial charge in [0.05, 0.1) is 18.0 Å². The van der Waals surface area contributed by atoms with E-state index in [4.69, 9.17) is 0 Å². The molecule has 1 aromatic heterocycles. The third-order valence-electron chi connectivity index (χ3n) is 7.10. The Labute approximate surface area is 267 Å². The Bertz CT molecular complexity index is 1700. The Morgan fingerprint density at radius 3 is 2.13 bits per heavy atom. The van der Waals surface area contributed by atoms with Crippen molar-refractivity contribution in [3.8, 4) is 0 Å². The molecule has 3 aromatic carbocycles. The molecule has 0 saturated heterocycles. The highest BCUT2D eigenvalue weighted by Gasteiger charge is 2.22. The zero-order valence-corrected chi connectivity index (χ0v) is 27.0. The Morgan fingerprint density at radius 2 is 1.51 bits per heavy atom. The molecule has 0 spiro atoms. The summed E-state index contributed by atoms with van der Waals surface area (Å²) in [5.74, 6) is -1.16. The number of para-hydroxylation sites is 1. The van der Waals surface area contributed by atoms with Crippen LogP contribution in [0.1, 0.15) is 38.8 Å². The van der Waals surface area contributed by atoms with Gasteiger partial charge >= 0.3 is 0 Å². The number of benzene rings is 3. The standard InChI is InChI=1S/C33H37N5O5S2/c1-23(31(39)36-28-12-8-5-9-13-28)34-21-29(16-25-14-15-44-22-25)37-33(41)27-17-26(18-30(19-27)38(2)45(3,42)43)32(40)35-20-24-10-6-4-7-11-24/h4-15,17-19,22-23,29,34H,16,20-21H2,1-3H3,(H,35,40)(H,36,39)(H,37,41)/t23-,29-/m0/s1. The van der Waals surface area contributed by atoms with E-state index in [9.17, 15) is 22.8 Å². The van der Waals surface area contributed by atoms with Crippen LogP contribution >= 0.6 is 11.3 Å². The molecular weight excluding hydrogens is 611 g/mol. The second-order valence-corrected chi connectivity index (χ2v) is 13.5. The molecule has 0 aliphatic carbocycles. The summed E-state index contributed by atoms with van der Waals surface area (Å²) >= 11 is 1.54. The molecule has 0 saturated carbocycles. The van der Waals surface area contributed by atoms with Crippen molar-refractivity contribution in [2.45, 2.75) is 32.0 Å². The van der Waals surface area contributed by atoms with E-state index in [0.29, 0.717) is 12.1 Å². The lowest BCUT2D eigenvalue weighted by atomic mass is 10.0. The van der Waals surface area contributed by atoms with E-state index < -0.39 is 33.9 Å². The summed E-state index contributed by atoms with van der Waals surface area (Å²) in [6.07, 6.45) is 1.54. The number of anilines is 2. The first-order valence-corrected chi connectivity index (χ1v) is 17.1. The first kappa shape index (κ1) is 33.4. The number of sulfonamides is 1. The summed E-state index contributed by atoms with van der Waals surface area (Å²) in [4.78, 5) is 39.6. The van der Waals surface area contributed by atoms with E-state index in [1.807, 2.05) is 65.4 Å². The number of carbonyl (C=O) groups is 3. The van der Waals surface area contributed by atoms with Crippen molar-refractivity contribution >= 4 is 50.5 Å². The number of hydrogen-bond acceptors (Lipinski definition) is 7. The van der Waals surface area contributed by atoms with Gasteiger partial charge < -0.3 is 21.3 Å². The van der Waals surface area contributed by atoms with Crippen LogP contribution in [0.5, 0.6) is 0 Å². The Balaban J connectivity index is 1.52. The number of hydrogen-bond donors (Lipinski definition) is 4. The van der Waals surface area contributed by atoms with Gasteiger partial charge in [0.15, 0.2) is 0 Å². The minimum absolute atomic E-state index is 0.123. The largest absolute Gasteiger partial charge is 0.348 e. The highest BCUT2D eigenvalue weighted by atomic mass is 32.2. The molecule has 45 heavy (non-hydrogen) atoms. The first-order chi connectivity index (χ1) is 21.5. The smallest absolute Gasteiger partial charge is 0.251 e. The molecule has 0 bridgehead atoms. The lowest BCUT2D eigenvalue weighted by Gasteiger charge is -2.23. The van der Waals surface area contributed by atoms with E-state index in [1.54, 1.807) is 19.1 Å². The Kier molecular flexibility index (Phi) is 11.5. The average Bonchev–Trinajstić information content (AvgIpc) is 3.55. The minimum Gasteiger partial charge on any atom is -0.348 e. The van der Waals surface area contributed by atoms with Gasteiger partial charge in [-0.1, -0.05) is 48.5 Å². The quantitative estimate of drug-likeness (QED) is 0.163. The second-order valence-electron chi connectivity index (χ2n) is 10.7. The molecule has 2 atom stereocenters. The summed E-state index contributed by atoms with van der Waals surface area (Å²) in [5.41, 5.74) is 3.03. The number of rotatable bonds is 14. The van der Waals surface area contributed by atoms with E-state index in [-0.39, 0.29) is 35.8 Å². The van der Waals surface area contributed by atoms with Gasteiger partial charge in [-0.05, 0) is 71.6 Å². The van der Waals surface area contributed by atoms with Gasteiger partial charge in [0.2, 0.25) is 15.9 Å². The van der Waals surface area contributed by atoms with Crippen molar-refractivity contribution < 1.29 is 22.8 Å². The maximum Gasteiger partial charge on any atom is 0.251 e. The van der Waals surface area contributed by atoms with Gasteiger partial charge in [-0.2, -0.15) is 11.3 Å². The van der Waals surface area contributed by atoms with Crippen LogP contribution in [0.3, 0.4) is 0 Å². The van der Waals surface area contributed by atoms with Crippen molar-refractivity contribution in [2.75, 3.05) is 29.5 Å². The van der Waals surface area contributed by atoms with Crippen LogP contribution in [-0.4, -0.2) is 58.1 Å². The zero-order chi connectivity index (χ0) is 32.4. The number of thiophene rings is 1. The first-order valence-electron chi connectivity index (χ1n) is 14.3. The maximum atomic E-state index is 13.7. The maximum absolute atomic E-state index is 13.7. The van der Waals surface area contributed by atoms with Crippen LogP contribution in [0, 0.1) is 0 Å². The third kappa shape index (κ3) is 10.00. The topological polar surface area (TPSA) is 137 Å². The van der Waals surface area contributed by atoms with Crippen LogP contribution in [-0.2, 0) is 27.8 Å². The molecule has 12 heteroatoms. The Hall–Kier alpha value is -4.52. The molecule has 0 aliphatic heterocycles. The fourth-order valence-electron chi connectivity index (χ4n) is 4.45. The molecule has 0 fully saturated rings. The van der Waals surface area contributed by atoms with Gasteiger partial charge in [0, 0.05) is 43.0 Å². The van der Waals surface area contributed by atoms with Gasteiger partial charge in [-0.25, -0.2) is 8.42 Å². The van der Waals surface area contributed by atoms with Crippen molar-refractivity contribution in [3.63, 3.8) is 0 Å². The molecular formula is C33H37N5O5S2. The normalized spacial score (nSPS) is 12.5. The highest BCUT2D eigenvalue weighted by molar-refractivity contribution is 7.92. The molecule has 4 aromatic rings.